The van der Waals surface area contributed by atoms with Crippen molar-refractivity contribution in [1.29, 1.82) is 0 Å². The fourth-order valence-corrected chi connectivity index (χ4v) is 3.18. The van der Waals surface area contributed by atoms with E-state index in [1.54, 1.807) is 19.3 Å². The molecule has 2 N–H and O–H groups in total. The molecule has 1 heterocycles. The number of nitrogens with one attached hydrogen (secondary N) is 1. The number of rotatable bonds is 4. The number of nitrogens with zero attached hydrogens (tertiary/aromatic N) is 1. The van der Waals surface area contributed by atoms with E-state index in [-0.39, 0.29) is 5.92 Å². The smallest absolute Gasteiger partial charge is 0.116 e. The predicted octanol–water partition coefficient (Wildman–Crippen LogP) is 3.72. The van der Waals surface area contributed by atoms with Gasteiger partial charge < -0.3 is 10.1 Å². The number of halogens is 2. The predicted molar refractivity (Wildman–Crippen MR) is 80.3 cm³/mol. The van der Waals surface area contributed by atoms with Gasteiger partial charge in [-0.05, 0) is 31.4 Å². The van der Waals surface area contributed by atoms with E-state index in [2.05, 4.69) is 9.97 Å². The van der Waals surface area contributed by atoms with Crippen molar-refractivity contribution in [3.05, 3.63) is 53.1 Å². The summed E-state index contributed by atoms with van der Waals surface area (Å²) >= 11 is 12.8. The minimum Gasteiger partial charge on any atom is -0.387 e. The van der Waals surface area contributed by atoms with Crippen LogP contribution in [-0.2, 0) is 0 Å². The summed E-state index contributed by atoms with van der Waals surface area (Å²) in [5, 5.41) is 11.7. The number of hydrogen-bond acceptors (Lipinski definition) is 2. The van der Waals surface area contributed by atoms with E-state index in [4.69, 9.17) is 23.2 Å². The summed E-state index contributed by atoms with van der Waals surface area (Å²) in [4.78, 5) is 6.78. The lowest BCUT2D eigenvalue weighted by atomic mass is 9.79. The first-order valence-electron chi connectivity index (χ1n) is 6.61. The lowest BCUT2D eigenvalue weighted by Crippen LogP contribution is -2.44. The van der Waals surface area contributed by atoms with Gasteiger partial charge in [0.25, 0.3) is 0 Å². The molecule has 106 valence electrons. The summed E-state index contributed by atoms with van der Waals surface area (Å²) in [5.74, 6) is 0.293. The molecular formula is C15H16Cl2N2O. The van der Waals surface area contributed by atoms with Crippen LogP contribution in [0.3, 0.4) is 0 Å². The zero-order valence-corrected chi connectivity index (χ0v) is 12.6. The molecular weight excluding hydrogens is 295 g/mol. The first-order valence-corrected chi connectivity index (χ1v) is 7.36. The van der Waals surface area contributed by atoms with Crippen LogP contribution in [0, 0.1) is 0 Å². The molecule has 0 saturated heterocycles. The molecule has 2 unspecified atom stereocenters. The van der Waals surface area contributed by atoms with Gasteiger partial charge in [-0.25, -0.2) is 4.98 Å². The van der Waals surface area contributed by atoms with Crippen LogP contribution in [0.4, 0.5) is 0 Å². The third-order valence-corrected chi connectivity index (χ3v) is 5.27. The van der Waals surface area contributed by atoms with E-state index in [1.807, 2.05) is 24.3 Å². The number of aromatic nitrogens is 2. The Morgan fingerprint density at radius 1 is 1.40 bits per heavy atom. The van der Waals surface area contributed by atoms with E-state index < -0.39 is 10.5 Å². The lowest BCUT2D eigenvalue weighted by molar-refractivity contribution is 0.0283. The number of H-pyrrole nitrogens is 1. The Hall–Kier alpha value is -1.03. The second kappa shape index (κ2) is 4.76. The molecule has 3 nitrogen and oxygen atoms in total. The van der Waals surface area contributed by atoms with Crippen molar-refractivity contribution < 1.29 is 5.11 Å². The topological polar surface area (TPSA) is 48.9 Å². The summed E-state index contributed by atoms with van der Waals surface area (Å²) in [6.07, 6.45) is 5.00. The Morgan fingerprint density at radius 2 is 2.10 bits per heavy atom. The number of imidazole rings is 1. The maximum atomic E-state index is 11.1. The summed E-state index contributed by atoms with van der Waals surface area (Å²) in [6.45, 7) is 1.77. The lowest BCUT2D eigenvalue weighted by Gasteiger charge is -2.36. The van der Waals surface area contributed by atoms with Crippen LogP contribution >= 0.6 is 23.2 Å². The van der Waals surface area contributed by atoms with Crippen molar-refractivity contribution in [2.45, 2.75) is 36.2 Å². The number of aromatic amines is 1. The maximum Gasteiger partial charge on any atom is 0.116 e. The number of alkyl halides is 1. The van der Waals surface area contributed by atoms with Gasteiger partial charge in [-0.1, -0.05) is 29.8 Å². The standard InChI is InChI=1S/C15H16Cl2N2O/c1-14(20,15(17)6-7-15)12(13-18-8-9-19-13)10-4-2-3-5-11(10)16/h2-5,8-9,12,20H,6-7H2,1H3,(H,18,19). The molecule has 0 bridgehead atoms. The van der Waals surface area contributed by atoms with Gasteiger partial charge >= 0.3 is 0 Å². The molecule has 0 amide bonds. The molecule has 0 aliphatic heterocycles. The molecule has 1 aromatic heterocycles. The Labute approximate surface area is 128 Å². The van der Waals surface area contributed by atoms with Gasteiger partial charge in [0.15, 0.2) is 0 Å². The van der Waals surface area contributed by atoms with Crippen molar-refractivity contribution in [2.75, 3.05) is 0 Å². The van der Waals surface area contributed by atoms with Crippen molar-refractivity contribution in [2.24, 2.45) is 0 Å². The third-order valence-electron chi connectivity index (χ3n) is 4.17. The first-order chi connectivity index (χ1) is 9.46. The summed E-state index contributed by atoms with van der Waals surface area (Å²) < 4.78 is 0. The highest BCUT2D eigenvalue weighted by Gasteiger charge is 2.59. The van der Waals surface area contributed by atoms with Gasteiger partial charge in [-0.2, -0.15) is 0 Å². The Morgan fingerprint density at radius 3 is 2.65 bits per heavy atom. The molecule has 0 radical (unpaired) electrons. The van der Waals surface area contributed by atoms with Gasteiger partial charge in [0.2, 0.25) is 0 Å². The maximum absolute atomic E-state index is 11.1. The van der Waals surface area contributed by atoms with E-state index in [9.17, 15) is 5.11 Å². The normalized spacial score (nSPS) is 21.2. The van der Waals surface area contributed by atoms with Crippen molar-refractivity contribution >= 4 is 23.2 Å². The van der Waals surface area contributed by atoms with E-state index in [0.29, 0.717) is 10.8 Å². The average molecular weight is 311 g/mol. The molecule has 1 aliphatic rings. The monoisotopic (exact) mass is 310 g/mol. The average Bonchev–Trinajstić information content (AvgIpc) is 2.97. The first kappa shape index (κ1) is 13.9. The van der Waals surface area contributed by atoms with Crippen LogP contribution in [0.25, 0.3) is 0 Å². The zero-order chi connectivity index (χ0) is 14.4. The molecule has 1 aromatic carbocycles. The van der Waals surface area contributed by atoms with Gasteiger partial charge in [-0.3, -0.25) is 0 Å². The number of aliphatic hydroxyl groups is 1. The fraction of sp³-hybridized carbons (Fsp3) is 0.400. The zero-order valence-electron chi connectivity index (χ0n) is 11.1. The van der Waals surface area contributed by atoms with Gasteiger partial charge in [0.05, 0.1) is 16.4 Å². The highest BCUT2D eigenvalue weighted by Crippen LogP contribution is 2.57. The van der Waals surface area contributed by atoms with Crippen LogP contribution in [0.5, 0.6) is 0 Å². The molecule has 2 aromatic rings. The summed E-state index contributed by atoms with van der Waals surface area (Å²) in [5.41, 5.74) is -0.293. The second-order valence-electron chi connectivity index (χ2n) is 5.54. The van der Waals surface area contributed by atoms with Crippen molar-refractivity contribution in [3.63, 3.8) is 0 Å². The van der Waals surface area contributed by atoms with Crippen molar-refractivity contribution in [3.8, 4) is 0 Å². The molecule has 1 aliphatic carbocycles. The second-order valence-corrected chi connectivity index (χ2v) is 6.67. The largest absolute Gasteiger partial charge is 0.387 e. The molecule has 1 fully saturated rings. The fourth-order valence-electron chi connectivity index (χ4n) is 2.74. The third kappa shape index (κ3) is 2.14. The van der Waals surface area contributed by atoms with E-state index in [1.165, 1.54) is 0 Å². The molecule has 0 spiro atoms. The molecule has 20 heavy (non-hydrogen) atoms. The van der Waals surface area contributed by atoms with Crippen LogP contribution in [0.1, 0.15) is 37.1 Å². The van der Waals surface area contributed by atoms with Crippen LogP contribution in [0.2, 0.25) is 5.02 Å². The molecule has 1 saturated carbocycles. The molecule has 5 heteroatoms. The van der Waals surface area contributed by atoms with Crippen LogP contribution in [-0.4, -0.2) is 25.5 Å². The highest BCUT2D eigenvalue weighted by atomic mass is 35.5. The van der Waals surface area contributed by atoms with Crippen LogP contribution in [0.15, 0.2) is 36.7 Å². The van der Waals surface area contributed by atoms with Crippen LogP contribution < -0.4 is 0 Å². The van der Waals surface area contributed by atoms with Gasteiger partial charge in [-0.15, -0.1) is 11.6 Å². The van der Waals surface area contributed by atoms with Gasteiger partial charge in [0.1, 0.15) is 5.82 Å². The molecule has 2 atom stereocenters. The van der Waals surface area contributed by atoms with E-state index >= 15 is 0 Å². The SMILES string of the molecule is CC(O)(C(c1ncc[nH]1)c1ccccc1Cl)C1(Cl)CC1. The Balaban J connectivity index is 2.13. The molecule has 3 rings (SSSR count). The minimum atomic E-state index is -1.13. The number of hydrogen-bond donors (Lipinski definition) is 2. The summed E-state index contributed by atoms with van der Waals surface area (Å²) in [7, 11) is 0. The highest BCUT2D eigenvalue weighted by molar-refractivity contribution is 6.31. The Kier molecular flexibility index (Phi) is 3.32. The van der Waals surface area contributed by atoms with Gasteiger partial charge in [0, 0.05) is 17.4 Å². The minimum absolute atomic E-state index is 0.383. The van der Waals surface area contributed by atoms with Crippen molar-refractivity contribution in [1.82, 2.24) is 9.97 Å². The Bertz CT molecular complexity index is 606. The quantitative estimate of drug-likeness (QED) is 0.846. The summed E-state index contributed by atoms with van der Waals surface area (Å²) in [6, 6.07) is 7.50. The van der Waals surface area contributed by atoms with E-state index in [0.717, 1.165) is 18.4 Å². The number of benzene rings is 1.